The van der Waals surface area contributed by atoms with Gasteiger partial charge < -0.3 is 9.47 Å². The second-order valence-electron chi connectivity index (χ2n) is 7.97. The zero-order valence-corrected chi connectivity index (χ0v) is 19.8. The first-order chi connectivity index (χ1) is 16.7. The van der Waals surface area contributed by atoms with Gasteiger partial charge in [0.05, 0.1) is 27.2 Å². The normalized spacial score (nSPS) is 11.0. The molecule has 6 heteroatoms. The fourth-order valence-electron chi connectivity index (χ4n) is 4.04. The van der Waals surface area contributed by atoms with E-state index in [9.17, 15) is 4.79 Å². The SMILES string of the molecule is COc1ccc(OC)c2sc(N(Cc3ccccc3)C(=O)Cc3ccc4ccccc4c3)nc12. The number of thiazole rings is 1. The van der Waals surface area contributed by atoms with Gasteiger partial charge in [0.15, 0.2) is 5.13 Å². The summed E-state index contributed by atoms with van der Waals surface area (Å²) in [5.74, 6) is 1.34. The molecule has 0 atom stereocenters. The minimum absolute atomic E-state index is 0.0175. The number of fused-ring (bicyclic) bond motifs is 2. The van der Waals surface area contributed by atoms with Crippen molar-refractivity contribution in [3.8, 4) is 11.5 Å². The molecule has 0 saturated heterocycles. The molecule has 4 aromatic carbocycles. The molecule has 5 nitrogen and oxygen atoms in total. The number of hydrogen-bond donors (Lipinski definition) is 0. The summed E-state index contributed by atoms with van der Waals surface area (Å²) in [7, 11) is 3.25. The second-order valence-corrected chi connectivity index (χ2v) is 8.95. The van der Waals surface area contributed by atoms with Crippen LogP contribution in [-0.2, 0) is 17.8 Å². The van der Waals surface area contributed by atoms with Crippen LogP contribution in [0.25, 0.3) is 21.0 Å². The third-order valence-electron chi connectivity index (χ3n) is 5.78. The monoisotopic (exact) mass is 468 g/mol. The lowest BCUT2D eigenvalue weighted by molar-refractivity contribution is -0.118. The molecule has 0 N–H and O–H groups in total. The smallest absolute Gasteiger partial charge is 0.233 e. The maximum absolute atomic E-state index is 13.7. The quantitative estimate of drug-likeness (QED) is 0.284. The van der Waals surface area contributed by atoms with Crippen molar-refractivity contribution in [1.29, 1.82) is 0 Å². The average Bonchev–Trinajstić information content (AvgIpc) is 3.32. The van der Waals surface area contributed by atoms with Crippen molar-refractivity contribution in [3.05, 3.63) is 96.1 Å². The number of rotatable bonds is 7. The maximum Gasteiger partial charge on any atom is 0.233 e. The van der Waals surface area contributed by atoms with Gasteiger partial charge in [-0.25, -0.2) is 4.98 Å². The van der Waals surface area contributed by atoms with Gasteiger partial charge >= 0.3 is 0 Å². The number of anilines is 1. The fourth-order valence-corrected chi connectivity index (χ4v) is 5.13. The van der Waals surface area contributed by atoms with Gasteiger partial charge in [-0.05, 0) is 34.0 Å². The molecule has 0 aliphatic carbocycles. The number of carbonyl (C=O) groups excluding carboxylic acids is 1. The number of nitrogens with zero attached hydrogens (tertiary/aromatic N) is 2. The zero-order chi connectivity index (χ0) is 23.5. The summed E-state index contributed by atoms with van der Waals surface area (Å²) in [6.45, 7) is 0.428. The predicted octanol–water partition coefficient (Wildman–Crippen LogP) is 6.24. The predicted molar refractivity (Wildman–Crippen MR) is 138 cm³/mol. The Morgan fingerprint density at radius 3 is 2.29 bits per heavy atom. The minimum Gasteiger partial charge on any atom is -0.495 e. The Bertz CT molecular complexity index is 1420. The van der Waals surface area contributed by atoms with Crippen LogP contribution in [0.1, 0.15) is 11.1 Å². The first kappa shape index (κ1) is 21.9. The molecular formula is C28H24N2O3S. The number of benzene rings is 4. The van der Waals surface area contributed by atoms with Crippen LogP contribution in [0, 0.1) is 0 Å². The van der Waals surface area contributed by atoms with Crippen LogP contribution in [-0.4, -0.2) is 25.1 Å². The second kappa shape index (κ2) is 9.53. The third-order valence-corrected chi connectivity index (χ3v) is 6.88. The van der Waals surface area contributed by atoms with Crippen molar-refractivity contribution in [3.63, 3.8) is 0 Å². The largest absolute Gasteiger partial charge is 0.495 e. The number of carbonyl (C=O) groups is 1. The van der Waals surface area contributed by atoms with Crippen molar-refractivity contribution in [1.82, 2.24) is 4.98 Å². The molecule has 170 valence electrons. The lowest BCUT2D eigenvalue weighted by atomic mass is 10.0. The van der Waals surface area contributed by atoms with E-state index in [-0.39, 0.29) is 12.3 Å². The van der Waals surface area contributed by atoms with E-state index in [4.69, 9.17) is 14.5 Å². The molecule has 1 amide bonds. The summed E-state index contributed by atoms with van der Waals surface area (Å²) in [6, 6.07) is 28.0. The van der Waals surface area contributed by atoms with E-state index >= 15 is 0 Å². The number of aromatic nitrogens is 1. The maximum atomic E-state index is 13.7. The van der Waals surface area contributed by atoms with E-state index in [1.165, 1.54) is 11.3 Å². The highest BCUT2D eigenvalue weighted by molar-refractivity contribution is 7.22. The van der Waals surface area contributed by atoms with E-state index in [1.807, 2.05) is 60.7 Å². The standard InChI is InChI=1S/C28H24N2O3S/c1-32-23-14-15-24(33-2)27-26(23)29-28(34-27)30(18-19-8-4-3-5-9-19)25(31)17-20-12-13-21-10-6-7-11-22(21)16-20/h3-16H,17-18H2,1-2H3. The molecule has 0 radical (unpaired) electrons. The Morgan fingerprint density at radius 1 is 0.824 bits per heavy atom. The molecule has 1 aromatic heterocycles. The summed E-state index contributed by atoms with van der Waals surface area (Å²) in [5.41, 5.74) is 2.70. The van der Waals surface area contributed by atoms with E-state index in [2.05, 4.69) is 24.3 Å². The highest BCUT2D eigenvalue weighted by atomic mass is 32.1. The van der Waals surface area contributed by atoms with E-state index < -0.39 is 0 Å². The highest BCUT2D eigenvalue weighted by Crippen LogP contribution is 2.40. The van der Waals surface area contributed by atoms with Gasteiger partial charge in [-0.15, -0.1) is 0 Å². The van der Waals surface area contributed by atoms with Crippen molar-refractivity contribution >= 4 is 43.4 Å². The third kappa shape index (κ3) is 4.32. The molecule has 34 heavy (non-hydrogen) atoms. The first-order valence-corrected chi connectivity index (χ1v) is 11.8. The van der Waals surface area contributed by atoms with Gasteiger partial charge in [0.25, 0.3) is 0 Å². The molecular weight excluding hydrogens is 444 g/mol. The molecule has 0 spiro atoms. The van der Waals surface area contributed by atoms with Crippen LogP contribution in [0.15, 0.2) is 84.9 Å². The number of ether oxygens (including phenoxy) is 2. The molecule has 0 unspecified atom stereocenters. The van der Waals surface area contributed by atoms with Crippen LogP contribution in [0.4, 0.5) is 5.13 Å². The molecule has 0 aliphatic heterocycles. The molecule has 0 fully saturated rings. The zero-order valence-electron chi connectivity index (χ0n) is 19.0. The molecule has 5 rings (SSSR count). The molecule has 5 aromatic rings. The van der Waals surface area contributed by atoms with Gasteiger partial charge in [0, 0.05) is 0 Å². The number of amides is 1. The van der Waals surface area contributed by atoms with Crippen LogP contribution < -0.4 is 14.4 Å². The summed E-state index contributed by atoms with van der Waals surface area (Å²) in [5, 5.41) is 2.90. The molecule has 1 heterocycles. The van der Waals surface area contributed by atoms with E-state index in [0.717, 1.165) is 26.6 Å². The number of methoxy groups -OCH3 is 2. The van der Waals surface area contributed by atoms with Gasteiger partial charge in [0.2, 0.25) is 5.91 Å². The molecule has 0 saturated carbocycles. The summed E-state index contributed by atoms with van der Waals surface area (Å²) in [4.78, 5) is 20.2. The van der Waals surface area contributed by atoms with Crippen LogP contribution >= 0.6 is 11.3 Å². The van der Waals surface area contributed by atoms with Gasteiger partial charge in [-0.2, -0.15) is 0 Å². The Morgan fingerprint density at radius 2 is 1.53 bits per heavy atom. The van der Waals surface area contributed by atoms with E-state index in [1.54, 1.807) is 19.1 Å². The molecule has 0 aliphatic rings. The average molecular weight is 469 g/mol. The van der Waals surface area contributed by atoms with Gasteiger partial charge in [-0.1, -0.05) is 84.1 Å². The Hall–Kier alpha value is -3.90. The van der Waals surface area contributed by atoms with Gasteiger partial charge in [0.1, 0.15) is 21.7 Å². The van der Waals surface area contributed by atoms with E-state index in [0.29, 0.717) is 28.7 Å². The van der Waals surface area contributed by atoms with Gasteiger partial charge in [-0.3, -0.25) is 9.69 Å². The Kier molecular flexibility index (Phi) is 6.14. The Balaban J connectivity index is 1.54. The lowest BCUT2D eigenvalue weighted by Crippen LogP contribution is -2.31. The topological polar surface area (TPSA) is 51.7 Å². The first-order valence-electron chi connectivity index (χ1n) is 11.0. The molecule has 0 bridgehead atoms. The summed E-state index contributed by atoms with van der Waals surface area (Å²) < 4.78 is 11.9. The number of hydrogen-bond acceptors (Lipinski definition) is 5. The summed E-state index contributed by atoms with van der Waals surface area (Å²) >= 11 is 1.44. The lowest BCUT2D eigenvalue weighted by Gasteiger charge is -2.20. The van der Waals surface area contributed by atoms with Crippen molar-refractivity contribution < 1.29 is 14.3 Å². The summed E-state index contributed by atoms with van der Waals surface area (Å²) in [6.07, 6.45) is 0.280. The minimum atomic E-state index is -0.0175. The van der Waals surface area contributed by atoms with Crippen molar-refractivity contribution in [2.75, 3.05) is 19.1 Å². The van der Waals surface area contributed by atoms with Crippen molar-refractivity contribution in [2.45, 2.75) is 13.0 Å². The van der Waals surface area contributed by atoms with Crippen molar-refractivity contribution in [2.24, 2.45) is 0 Å². The van der Waals surface area contributed by atoms with Crippen LogP contribution in [0.3, 0.4) is 0 Å². The van der Waals surface area contributed by atoms with Crippen LogP contribution in [0.2, 0.25) is 0 Å². The van der Waals surface area contributed by atoms with Crippen LogP contribution in [0.5, 0.6) is 11.5 Å². The fraction of sp³-hybridized carbons (Fsp3) is 0.143. The Labute approximate surface area is 202 Å². The highest BCUT2D eigenvalue weighted by Gasteiger charge is 2.23.